The molecule has 17 nitrogen and oxygen atoms in total. The van der Waals surface area contributed by atoms with Crippen LogP contribution < -0.4 is 0 Å². The largest absolute Gasteiger partial charge is 0.472 e. The van der Waals surface area contributed by atoms with Gasteiger partial charge in [-0.25, -0.2) is 9.13 Å². The monoisotopic (exact) mass is 1340 g/mol. The summed E-state index contributed by atoms with van der Waals surface area (Å²) in [5, 5.41) is 10.6. The lowest BCUT2D eigenvalue weighted by Crippen LogP contribution is -2.30. The van der Waals surface area contributed by atoms with Gasteiger partial charge in [0.1, 0.15) is 19.3 Å². The van der Waals surface area contributed by atoms with Crippen molar-refractivity contribution in [1.82, 2.24) is 0 Å². The van der Waals surface area contributed by atoms with E-state index in [1.54, 1.807) is 0 Å². The Morgan fingerprint density at radius 2 is 0.560 bits per heavy atom. The molecule has 0 aromatic rings. The van der Waals surface area contributed by atoms with Gasteiger partial charge < -0.3 is 33.8 Å². The lowest BCUT2D eigenvalue weighted by atomic mass is 10.00. The van der Waals surface area contributed by atoms with Crippen LogP contribution in [0.3, 0.4) is 0 Å². The molecule has 3 N–H and O–H groups in total. The van der Waals surface area contributed by atoms with E-state index in [2.05, 4.69) is 48.5 Å². The number of unbranched alkanes of at least 4 members (excludes halogenated alkanes) is 37. The maximum Gasteiger partial charge on any atom is 0.472 e. The first-order chi connectivity index (χ1) is 43.8. The zero-order valence-corrected chi connectivity index (χ0v) is 61.1. The van der Waals surface area contributed by atoms with Gasteiger partial charge >= 0.3 is 39.5 Å². The zero-order valence-electron chi connectivity index (χ0n) is 59.3. The minimum atomic E-state index is -4.95. The van der Waals surface area contributed by atoms with Crippen molar-refractivity contribution in [3.8, 4) is 0 Å². The molecule has 0 radical (unpaired) electrons. The van der Waals surface area contributed by atoms with Gasteiger partial charge in [0.05, 0.1) is 26.4 Å². The van der Waals surface area contributed by atoms with Crippen molar-refractivity contribution >= 4 is 39.5 Å². The molecule has 0 aromatic carbocycles. The first kappa shape index (κ1) is 89.1. The molecule has 3 unspecified atom stereocenters. The van der Waals surface area contributed by atoms with Gasteiger partial charge in [0, 0.05) is 25.7 Å². The van der Waals surface area contributed by atoms with Crippen LogP contribution in [0.2, 0.25) is 0 Å². The molecule has 0 fully saturated rings. The first-order valence-electron chi connectivity index (χ1n) is 37.4. The quantitative estimate of drug-likeness (QED) is 0.0222. The van der Waals surface area contributed by atoms with Crippen LogP contribution in [0.1, 0.15) is 363 Å². The minimum absolute atomic E-state index is 0.103. The van der Waals surface area contributed by atoms with Gasteiger partial charge in [0.25, 0.3) is 0 Å². The summed E-state index contributed by atoms with van der Waals surface area (Å²) in [6.45, 7) is 11.8. The number of aliphatic hydroxyl groups excluding tert-OH is 1. The molecule has 0 spiro atoms. The highest BCUT2D eigenvalue weighted by Gasteiger charge is 2.30. The third-order valence-electron chi connectivity index (χ3n) is 17.0. The van der Waals surface area contributed by atoms with Crippen molar-refractivity contribution in [3.63, 3.8) is 0 Å². The van der Waals surface area contributed by atoms with Crippen LogP contribution >= 0.6 is 15.6 Å². The lowest BCUT2D eigenvalue weighted by molar-refractivity contribution is -0.161. The van der Waals surface area contributed by atoms with E-state index in [9.17, 15) is 43.2 Å². The Labute approximate surface area is 556 Å². The molecule has 0 amide bonds. The molecule has 0 saturated carbocycles. The number of ether oxygens (including phenoxy) is 4. The molecule has 0 bridgehead atoms. The van der Waals surface area contributed by atoms with Crippen LogP contribution in [0.15, 0.2) is 0 Å². The van der Waals surface area contributed by atoms with Crippen LogP contribution in [0.4, 0.5) is 0 Å². The van der Waals surface area contributed by atoms with Crippen molar-refractivity contribution < 1.29 is 80.2 Å². The molecule has 0 rings (SSSR count). The smallest absolute Gasteiger partial charge is 0.462 e. The Kier molecular flexibility index (Phi) is 61.5. The maximum absolute atomic E-state index is 13.0. The first-order valence-corrected chi connectivity index (χ1v) is 40.4. The summed E-state index contributed by atoms with van der Waals surface area (Å²) in [4.78, 5) is 72.6. The average molecular weight is 1340 g/mol. The van der Waals surface area contributed by atoms with Gasteiger partial charge in [-0.05, 0) is 43.4 Å². The van der Waals surface area contributed by atoms with Crippen LogP contribution in [0.25, 0.3) is 0 Å². The molecule has 0 aliphatic heterocycles. The normalized spacial score (nSPS) is 14.5. The van der Waals surface area contributed by atoms with Crippen LogP contribution in [-0.2, 0) is 65.4 Å². The molecule has 19 heteroatoms. The fourth-order valence-corrected chi connectivity index (χ4v) is 12.4. The topological polar surface area (TPSA) is 237 Å². The molecule has 540 valence electrons. The lowest BCUT2D eigenvalue weighted by Gasteiger charge is -2.21. The van der Waals surface area contributed by atoms with E-state index in [1.165, 1.54) is 167 Å². The summed E-state index contributed by atoms with van der Waals surface area (Å²) >= 11 is 0. The molecular formula is C72H140O17P2. The number of aliphatic hydroxyl groups is 1. The van der Waals surface area contributed by atoms with Gasteiger partial charge in [0.15, 0.2) is 12.2 Å². The van der Waals surface area contributed by atoms with Crippen molar-refractivity contribution in [1.29, 1.82) is 0 Å². The number of carbonyl (C=O) groups excluding carboxylic acids is 4. The van der Waals surface area contributed by atoms with Crippen molar-refractivity contribution in [2.24, 2.45) is 17.8 Å². The standard InChI is InChI=1S/C72H140O17P2/c1-8-10-11-12-13-14-15-16-17-18-22-25-31-39-46-53-69(74)82-59-67(88-71(76)55-48-41-32-26-23-20-19-21-24-29-36-43-50-63(3)4)61-86-90(78,79)84-57-66(73)58-85-91(80,81)87-62-68(60-83-70(75)54-47-40-35-34-38-45-52-65(7)9-2)89-72(77)56-49-42-33-28-27-30-37-44-51-64(5)6/h63-68,73H,8-62H2,1-7H3,(H,78,79)(H,80,81)/t65?,66-,67-,68-/m1/s1. The number of hydrogen-bond donors (Lipinski definition) is 3. The molecule has 0 aliphatic carbocycles. The molecule has 0 aliphatic rings. The fraction of sp³-hybridized carbons (Fsp3) is 0.944. The van der Waals surface area contributed by atoms with Crippen LogP contribution in [0, 0.1) is 17.8 Å². The summed E-state index contributed by atoms with van der Waals surface area (Å²) in [6.07, 6.45) is 47.2. The maximum atomic E-state index is 13.0. The number of rotatable bonds is 70. The molecule has 91 heavy (non-hydrogen) atoms. The Bertz CT molecular complexity index is 1790. The van der Waals surface area contributed by atoms with E-state index in [4.69, 9.17) is 37.0 Å². The van der Waals surface area contributed by atoms with Crippen LogP contribution in [-0.4, -0.2) is 96.7 Å². The van der Waals surface area contributed by atoms with E-state index in [1.807, 2.05) is 0 Å². The SMILES string of the molecule is CCCCCCCCCCCCCCCCCC(=O)OC[C@H](COP(=O)(O)OC[C@@H](O)COP(=O)(O)OC[C@@H](COC(=O)CCCCCCCCC(C)CC)OC(=O)CCCCCCCCCCC(C)C)OC(=O)CCCCCCCCCCCCCCC(C)C. The second-order valence-corrected chi connectivity index (χ2v) is 30.1. The highest BCUT2D eigenvalue weighted by molar-refractivity contribution is 7.47. The predicted octanol–water partition coefficient (Wildman–Crippen LogP) is 20.6. The zero-order chi connectivity index (χ0) is 67.3. The number of phosphoric ester groups is 2. The molecule has 0 aromatic heterocycles. The highest BCUT2D eigenvalue weighted by atomic mass is 31.2. The Morgan fingerprint density at radius 1 is 0.319 bits per heavy atom. The Hall–Kier alpha value is -1.94. The summed E-state index contributed by atoms with van der Waals surface area (Å²) < 4.78 is 68.4. The minimum Gasteiger partial charge on any atom is -0.462 e. The van der Waals surface area contributed by atoms with Crippen molar-refractivity contribution in [2.45, 2.75) is 381 Å². The van der Waals surface area contributed by atoms with Gasteiger partial charge in [-0.15, -0.1) is 0 Å². The third kappa shape index (κ3) is 65.1. The van der Waals surface area contributed by atoms with Gasteiger partial charge in [-0.2, -0.15) is 0 Å². The van der Waals surface area contributed by atoms with Gasteiger partial charge in [-0.3, -0.25) is 37.3 Å². The second kappa shape index (κ2) is 62.8. The summed E-state index contributed by atoms with van der Waals surface area (Å²) in [6, 6.07) is 0. The van der Waals surface area contributed by atoms with E-state index in [-0.39, 0.29) is 25.7 Å². The summed E-state index contributed by atoms with van der Waals surface area (Å²) in [5.41, 5.74) is 0. The average Bonchev–Trinajstić information content (AvgIpc) is 3.60. The molecule has 0 heterocycles. The number of esters is 4. The molecule has 0 saturated heterocycles. The van der Waals surface area contributed by atoms with Crippen LogP contribution in [0.5, 0.6) is 0 Å². The number of carbonyl (C=O) groups is 4. The number of hydrogen-bond acceptors (Lipinski definition) is 15. The van der Waals surface area contributed by atoms with Gasteiger partial charge in [-0.1, -0.05) is 312 Å². The van der Waals surface area contributed by atoms with Crippen molar-refractivity contribution in [3.05, 3.63) is 0 Å². The third-order valence-corrected chi connectivity index (χ3v) is 18.9. The Morgan fingerprint density at radius 3 is 0.835 bits per heavy atom. The molecule has 6 atom stereocenters. The van der Waals surface area contributed by atoms with Crippen molar-refractivity contribution in [2.75, 3.05) is 39.6 Å². The summed E-state index contributed by atoms with van der Waals surface area (Å²) in [5.74, 6) is 0.101. The van der Waals surface area contributed by atoms with E-state index >= 15 is 0 Å². The fourth-order valence-electron chi connectivity index (χ4n) is 10.9. The van der Waals surface area contributed by atoms with E-state index in [0.29, 0.717) is 25.7 Å². The number of phosphoric acid groups is 2. The summed E-state index contributed by atoms with van der Waals surface area (Å²) in [7, 11) is -9.90. The highest BCUT2D eigenvalue weighted by Crippen LogP contribution is 2.45. The second-order valence-electron chi connectivity index (χ2n) is 27.2. The van der Waals surface area contributed by atoms with E-state index in [0.717, 1.165) is 114 Å². The Balaban J connectivity index is 5.25. The van der Waals surface area contributed by atoms with E-state index < -0.39 is 97.5 Å². The molecular weight excluding hydrogens is 1200 g/mol. The van der Waals surface area contributed by atoms with Gasteiger partial charge in [0.2, 0.25) is 0 Å². The predicted molar refractivity (Wildman–Crippen MR) is 368 cm³/mol.